The third-order valence-electron chi connectivity index (χ3n) is 3.85. The van der Waals surface area contributed by atoms with Crippen LogP contribution in [-0.2, 0) is 14.3 Å². The summed E-state index contributed by atoms with van der Waals surface area (Å²) in [6.45, 7) is 2.16. The number of ketones is 1. The van der Waals surface area contributed by atoms with Crippen LogP contribution >= 0.6 is 11.6 Å². The Morgan fingerprint density at radius 3 is 2.42 bits per heavy atom. The maximum atomic E-state index is 11.6. The fraction of sp³-hybridized carbons (Fsp3) is 0.867. The minimum atomic E-state index is -0.373. The smallest absolute Gasteiger partial charge is 0.321 e. The second kappa shape index (κ2) is 8.57. The van der Waals surface area contributed by atoms with Gasteiger partial charge >= 0.3 is 5.97 Å². The Kier molecular flexibility index (Phi) is 7.44. The highest BCUT2D eigenvalue weighted by atomic mass is 35.5. The summed E-state index contributed by atoms with van der Waals surface area (Å²) in [5, 5.41) is 0. The van der Waals surface area contributed by atoms with Crippen molar-refractivity contribution in [3.63, 3.8) is 0 Å². The normalized spacial score (nSPS) is 19.6. The number of alkyl halides is 1. The Morgan fingerprint density at radius 2 is 1.89 bits per heavy atom. The van der Waals surface area contributed by atoms with E-state index >= 15 is 0 Å². The third kappa shape index (κ3) is 5.94. The molecule has 1 saturated carbocycles. The molecule has 0 unspecified atom stereocenters. The summed E-state index contributed by atoms with van der Waals surface area (Å²) in [5.41, 5.74) is -0.373. The molecule has 4 heteroatoms. The predicted molar refractivity (Wildman–Crippen MR) is 76.4 cm³/mol. The second-order valence-electron chi connectivity index (χ2n) is 5.49. The number of carbonyl (C=O) groups is 2. The van der Waals surface area contributed by atoms with Crippen LogP contribution in [0.5, 0.6) is 0 Å². The molecule has 1 aliphatic carbocycles. The van der Waals surface area contributed by atoms with Crippen LogP contribution in [0, 0.1) is 0 Å². The van der Waals surface area contributed by atoms with Crippen molar-refractivity contribution in [2.45, 2.75) is 76.7 Å². The van der Waals surface area contributed by atoms with E-state index in [-0.39, 0.29) is 17.5 Å². The van der Waals surface area contributed by atoms with Crippen molar-refractivity contribution in [2.24, 2.45) is 0 Å². The highest BCUT2D eigenvalue weighted by molar-refractivity contribution is 6.26. The first-order valence-electron chi connectivity index (χ1n) is 7.41. The molecule has 0 heterocycles. The van der Waals surface area contributed by atoms with Gasteiger partial charge in [0, 0.05) is 12.8 Å². The second-order valence-corrected chi connectivity index (χ2v) is 5.76. The molecular formula is C15H25ClO3. The van der Waals surface area contributed by atoms with Crippen molar-refractivity contribution in [1.82, 2.24) is 0 Å². The number of hydrogen-bond acceptors (Lipinski definition) is 3. The van der Waals surface area contributed by atoms with Gasteiger partial charge in [0.2, 0.25) is 0 Å². The summed E-state index contributed by atoms with van der Waals surface area (Å²) < 4.78 is 5.66. The van der Waals surface area contributed by atoms with Gasteiger partial charge in [-0.15, -0.1) is 11.6 Å². The Labute approximate surface area is 121 Å². The van der Waals surface area contributed by atoms with E-state index in [1.807, 2.05) is 0 Å². The van der Waals surface area contributed by atoms with Crippen LogP contribution in [0.4, 0.5) is 0 Å². The summed E-state index contributed by atoms with van der Waals surface area (Å²) in [6, 6.07) is 0. The number of esters is 1. The topological polar surface area (TPSA) is 43.4 Å². The van der Waals surface area contributed by atoms with E-state index in [9.17, 15) is 9.59 Å². The van der Waals surface area contributed by atoms with Crippen LogP contribution in [0.3, 0.4) is 0 Å². The average Bonchev–Trinajstić information content (AvgIpc) is 2.36. The number of hydrogen-bond donors (Lipinski definition) is 0. The van der Waals surface area contributed by atoms with Crippen LogP contribution < -0.4 is 0 Å². The van der Waals surface area contributed by atoms with Crippen LogP contribution in [0.15, 0.2) is 0 Å². The van der Waals surface area contributed by atoms with E-state index in [2.05, 4.69) is 6.92 Å². The van der Waals surface area contributed by atoms with Crippen LogP contribution in [-0.4, -0.2) is 23.2 Å². The SMILES string of the molecule is CCCCCC1(OC(=O)CCl)CCCC(=O)CCC1. The lowest BCUT2D eigenvalue weighted by Gasteiger charge is -2.35. The maximum Gasteiger partial charge on any atom is 0.321 e. The summed E-state index contributed by atoms with van der Waals surface area (Å²) in [5.74, 6) is -0.0787. The monoisotopic (exact) mass is 288 g/mol. The fourth-order valence-electron chi connectivity index (χ4n) is 2.83. The van der Waals surface area contributed by atoms with Crippen molar-refractivity contribution in [2.75, 3.05) is 5.88 Å². The zero-order valence-electron chi connectivity index (χ0n) is 11.9. The van der Waals surface area contributed by atoms with E-state index in [0.29, 0.717) is 18.6 Å². The standard InChI is InChI=1S/C15H25ClO3/c1-2-3-4-9-15(19-14(18)12-16)10-5-7-13(17)8-6-11-15/h2-12H2,1H3. The molecule has 1 aliphatic rings. The van der Waals surface area contributed by atoms with E-state index in [4.69, 9.17) is 16.3 Å². The highest BCUT2D eigenvalue weighted by Gasteiger charge is 2.34. The molecule has 0 atom stereocenters. The zero-order chi connectivity index (χ0) is 14.1. The van der Waals surface area contributed by atoms with E-state index in [1.165, 1.54) is 0 Å². The van der Waals surface area contributed by atoms with Gasteiger partial charge in [-0.05, 0) is 38.5 Å². The molecule has 0 aromatic rings. The molecular weight excluding hydrogens is 264 g/mol. The molecule has 0 radical (unpaired) electrons. The number of Topliss-reactive ketones (excluding diaryl/α,β-unsaturated/α-hetero) is 1. The van der Waals surface area contributed by atoms with Gasteiger partial charge in [-0.25, -0.2) is 0 Å². The van der Waals surface area contributed by atoms with Crippen LogP contribution in [0.2, 0.25) is 0 Å². The minimum absolute atomic E-state index is 0.0888. The van der Waals surface area contributed by atoms with Gasteiger partial charge in [0.25, 0.3) is 0 Å². The van der Waals surface area contributed by atoms with Gasteiger partial charge in [-0.2, -0.15) is 0 Å². The minimum Gasteiger partial charge on any atom is -0.458 e. The number of halogens is 1. The van der Waals surface area contributed by atoms with Gasteiger partial charge < -0.3 is 4.74 Å². The van der Waals surface area contributed by atoms with Gasteiger partial charge in [0.1, 0.15) is 17.3 Å². The van der Waals surface area contributed by atoms with E-state index in [1.54, 1.807) is 0 Å². The zero-order valence-corrected chi connectivity index (χ0v) is 12.6. The van der Waals surface area contributed by atoms with E-state index < -0.39 is 0 Å². The van der Waals surface area contributed by atoms with Crippen LogP contribution in [0.1, 0.15) is 71.1 Å². The van der Waals surface area contributed by atoms with Crippen molar-refractivity contribution in [1.29, 1.82) is 0 Å². The number of ether oxygens (including phenoxy) is 1. The summed E-state index contributed by atoms with van der Waals surface area (Å²) >= 11 is 5.56. The first kappa shape index (κ1) is 16.5. The summed E-state index contributed by atoms with van der Waals surface area (Å²) in [4.78, 5) is 23.0. The molecule has 0 saturated heterocycles. The molecule has 0 amide bonds. The summed E-state index contributed by atoms with van der Waals surface area (Å²) in [7, 11) is 0. The molecule has 110 valence electrons. The first-order valence-corrected chi connectivity index (χ1v) is 7.95. The van der Waals surface area contributed by atoms with Gasteiger partial charge in [0.05, 0.1) is 0 Å². The first-order chi connectivity index (χ1) is 9.12. The predicted octanol–water partition coefficient (Wildman–Crippen LogP) is 4.01. The Morgan fingerprint density at radius 1 is 1.26 bits per heavy atom. The van der Waals surface area contributed by atoms with Crippen molar-refractivity contribution in [3.8, 4) is 0 Å². The molecule has 0 bridgehead atoms. The molecule has 3 nitrogen and oxygen atoms in total. The average molecular weight is 289 g/mol. The summed E-state index contributed by atoms with van der Waals surface area (Å²) in [6.07, 6.45) is 8.74. The van der Waals surface area contributed by atoms with Gasteiger partial charge in [-0.3, -0.25) is 9.59 Å². The lowest BCUT2D eigenvalue weighted by Crippen LogP contribution is -2.37. The van der Waals surface area contributed by atoms with Gasteiger partial charge in [-0.1, -0.05) is 19.8 Å². The van der Waals surface area contributed by atoms with Crippen molar-refractivity contribution in [3.05, 3.63) is 0 Å². The number of carbonyl (C=O) groups excluding carboxylic acids is 2. The Bertz CT molecular complexity index is 290. The molecule has 1 fully saturated rings. The van der Waals surface area contributed by atoms with E-state index in [0.717, 1.165) is 51.4 Å². The fourth-order valence-corrected chi connectivity index (χ4v) is 2.89. The maximum absolute atomic E-state index is 11.6. The molecule has 0 aromatic carbocycles. The molecule has 19 heavy (non-hydrogen) atoms. The third-order valence-corrected chi connectivity index (χ3v) is 4.07. The molecule has 0 N–H and O–H groups in total. The molecule has 0 aromatic heterocycles. The highest BCUT2D eigenvalue weighted by Crippen LogP contribution is 2.34. The number of rotatable bonds is 6. The molecule has 1 rings (SSSR count). The molecule has 0 aliphatic heterocycles. The quantitative estimate of drug-likeness (QED) is 0.421. The lowest BCUT2D eigenvalue weighted by molar-refractivity contribution is -0.160. The van der Waals surface area contributed by atoms with Gasteiger partial charge in [0.15, 0.2) is 0 Å². The Balaban J connectivity index is 2.65. The lowest BCUT2D eigenvalue weighted by atomic mass is 9.82. The van der Waals surface area contributed by atoms with Crippen molar-refractivity contribution < 1.29 is 14.3 Å². The number of unbranched alkanes of at least 4 members (excludes halogenated alkanes) is 2. The molecule has 0 spiro atoms. The largest absolute Gasteiger partial charge is 0.458 e. The Hall–Kier alpha value is -0.570. The van der Waals surface area contributed by atoms with Crippen molar-refractivity contribution >= 4 is 23.4 Å². The van der Waals surface area contributed by atoms with Crippen LogP contribution in [0.25, 0.3) is 0 Å².